The lowest BCUT2D eigenvalue weighted by molar-refractivity contribution is 0.294. The van der Waals surface area contributed by atoms with E-state index in [9.17, 15) is 0 Å². The summed E-state index contributed by atoms with van der Waals surface area (Å²) in [5, 5.41) is 0. The van der Waals surface area contributed by atoms with Gasteiger partial charge in [0.1, 0.15) is 25.6 Å². The molecule has 0 amide bonds. The van der Waals surface area contributed by atoms with Crippen molar-refractivity contribution in [2.75, 3.05) is 19.8 Å². The average molecular weight is 288 g/mol. The summed E-state index contributed by atoms with van der Waals surface area (Å²) in [6.45, 7) is 18.6. The fourth-order valence-electron chi connectivity index (χ4n) is 1.42. The molecule has 0 unspecified atom stereocenters. The minimum absolute atomic E-state index is 0.438. The fourth-order valence-corrected chi connectivity index (χ4v) is 1.42. The van der Waals surface area contributed by atoms with Gasteiger partial charge in [-0.2, -0.15) is 0 Å². The molecule has 0 atom stereocenters. The average Bonchev–Trinajstić information content (AvgIpc) is 2.41. The summed E-state index contributed by atoms with van der Waals surface area (Å²) in [6, 6.07) is 5.51. The largest absolute Gasteiger partial charge is 0.489 e. The summed E-state index contributed by atoms with van der Waals surface area (Å²) < 4.78 is 17.0. The molecular formula is C18H24O3. The predicted octanol–water partition coefficient (Wildman–Crippen LogP) is 4.55. The zero-order chi connectivity index (χ0) is 15.8. The van der Waals surface area contributed by atoms with E-state index < -0.39 is 0 Å². The number of hydrogen-bond acceptors (Lipinski definition) is 3. The molecule has 1 aromatic carbocycles. The maximum Gasteiger partial charge on any atom is 0.165 e. The van der Waals surface area contributed by atoms with E-state index in [0.29, 0.717) is 31.3 Å². The van der Waals surface area contributed by atoms with E-state index >= 15 is 0 Å². The second-order valence-corrected chi connectivity index (χ2v) is 5.35. The first-order valence-corrected chi connectivity index (χ1v) is 6.84. The first-order valence-electron chi connectivity index (χ1n) is 6.84. The molecule has 0 aliphatic heterocycles. The molecule has 0 saturated carbocycles. The van der Waals surface area contributed by atoms with Gasteiger partial charge in [-0.3, -0.25) is 0 Å². The zero-order valence-electron chi connectivity index (χ0n) is 13.2. The monoisotopic (exact) mass is 288 g/mol. The zero-order valence-corrected chi connectivity index (χ0v) is 13.2. The van der Waals surface area contributed by atoms with Gasteiger partial charge >= 0.3 is 0 Å². The molecule has 0 fully saturated rings. The number of hydrogen-bond donors (Lipinski definition) is 0. The Bertz CT molecular complexity index is 529. The summed E-state index contributed by atoms with van der Waals surface area (Å²) in [4.78, 5) is 0. The van der Waals surface area contributed by atoms with Crippen molar-refractivity contribution in [2.45, 2.75) is 20.8 Å². The lowest BCUT2D eigenvalue weighted by Crippen LogP contribution is -2.04. The molecule has 1 aromatic rings. The van der Waals surface area contributed by atoms with Gasteiger partial charge in [0, 0.05) is 6.07 Å². The highest BCUT2D eigenvalue weighted by Crippen LogP contribution is 2.32. The van der Waals surface area contributed by atoms with Crippen LogP contribution in [0.3, 0.4) is 0 Å². The second-order valence-electron chi connectivity index (χ2n) is 5.35. The summed E-state index contributed by atoms with van der Waals surface area (Å²) in [7, 11) is 0. The normalized spacial score (nSPS) is 9.86. The van der Waals surface area contributed by atoms with Gasteiger partial charge in [-0.1, -0.05) is 19.7 Å². The number of benzene rings is 1. The molecule has 0 aromatic heterocycles. The lowest BCUT2D eigenvalue weighted by atomic mass is 10.3. The van der Waals surface area contributed by atoms with Gasteiger partial charge in [0.2, 0.25) is 0 Å². The van der Waals surface area contributed by atoms with Crippen molar-refractivity contribution >= 4 is 0 Å². The van der Waals surface area contributed by atoms with Crippen LogP contribution in [0, 0.1) is 0 Å². The molecule has 0 aliphatic rings. The van der Waals surface area contributed by atoms with Crippen molar-refractivity contribution in [1.29, 1.82) is 0 Å². The molecule has 114 valence electrons. The van der Waals surface area contributed by atoms with Crippen LogP contribution in [0.1, 0.15) is 20.8 Å². The highest BCUT2D eigenvalue weighted by Gasteiger charge is 2.08. The molecule has 21 heavy (non-hydrogen) atoms. The highest BCUT2D eigenvalue weighted by atomic mass is 16.5. The molecule has 0 heterocycles. The van der Waals surface area contributed by atoms with Crippen LogP contribution < -0.4 is 14.2 Å². The Kier molecular flexibility index (Phi) is 6.60. The smallest absolute Gasteiger partial charge is 0.165 e. The van der Waals surface area contributed by atoms with E-state index in [-0.39, 0.29) is 0 Å². The first kappa shape index (κ1) is 16.9. The van der Waals surface area contributed by atoms with Crippen LogP contribution in [-0.2, 0) is 0 Å². The van der Waals surface area contributed by atoms with Crippen molar-refractivity contribution in [3.05, 3.63) is 54.7 Å². The maximum absolute atomic E-state index is 5.72. The molecule has 0 radical (unpaired) electrons. The third kappa shape index (κ3) is 6.70. The summed E-state index contributed by atoms with van der Waals surface area (Å²) in [5.74, 6) is 2.03. The van der Waals surface area contributed by atoms with Gasteiger partial charge in [-0.25, -0.2) is 0 Å². The lowest BCUT2D eigenvalue weighted by Gasteiger charge is -2.15. The van der Waals surface area contributed by atoms with Crippen LogP contribution in [-0.4, -0.2) is 19.8 Å². The molecule has 0 saturated heterocycles. The Balaban J connectivity index is 2.86. The minimum Gasteiger partial charge on any atom is -0.489 e. The maximum atomic E-state index is 5.72. The van der Waals surface area contributed by atoms with Gasteiger partial charge in [-0.15, -0.1) is 0 Å². The Labute approximate surface area is 127 Å². The Morgan fingerprint density at radius 2 is 1.24 bits per heavy atom. The van der Waals surface area contributed by atoms with E-state index in [1.807, 2.05) is 39.0 Å². The Morgan fingerprint density at radius 1 is 0.762 bits per heavy atom. The number of rotatable bonds is 9. The molecule has 0 spiro atoms. The van der Waals surface area contributed by atoms with Gasteiger partial charge in [0.15, 0.2) is 11.5 Å². The van der Waals surface area contributed by atoms with Crippen molar-refractivity contribution in [2.24, 2.45) is 0 Å². The predicted molar refractivity (Wildman–Crippen MR) is 87.4 cm³/mol. The van der Waals surface area contributed by atoms with E-state index in [0.717, 1.165) is 22.5 Å². The van der Waals surface area contributed by atoms with Crippen LogP contribution >= 0.6 is 0 Å². The summed E-state index contributed by atoms with van der Waals surface area (Å²) in [5.41, 5.74) is 2.85. The van der Waals surface area contributed by atoms with Gasteiger partial charge in [0.05, 0.1) is 0 Å². The van der Waals surface area contributed by atoms with Crippen molar-refractivity contribution in [3.63, 3.8) is 0 Å². The van der Waals surface area contributed by atoms with E-state index in [4.69, 9.17) is 14.2 Å². The molecule has 1 rings (SSSR count). The Hall–Kier alpha value is -2.16. The van der Waals surface area contributed by atoms with Crippen molar-refractivity contribution < 1.29 is 14.2 Å². The van der Waals surface area contributed by atoms with Crippen molar-refractivity contribution in [3.8, 4) is 17.2 Å². The molecule has 0 bridgehead atoms. The van der Waals surface area contributed by atoms with Gasteiger partial charge in [-0.05, 0) is 49.6 Å². The third-order valence-electron chi connectivity index (χ3n) is 2.35. The molecule has 0 N–H and O–H groups in total. The molecule has 3 heteroatoms. The molecular weight excluding hydrogens is 264 g/mol. The highest BCUT2D eigenvalue weighted by molar-refractivity contribution is 5.46. The van der Waals surface area contributed by atoms with Crippen molar-refractivity contribution in [1.82, 2.24) is 0 Å². The van der Waals surface area contributed by atoms with Crippen LogP contribution in [0.4, 0.5) is 0 Å². The SMILES string of the molecule is C=C(C)COc1ccc(OCC(=C)C)c(OCC(=C)C)c1. The van der Waals surface area contributed by atoms with E-state index in [2.05, 4.69) is 19.7 Å². The van der Waals surface area contributed by atoms with Gasteiger partial charge in [0.25, 0.3) is 0 Å². The van der Waals surface area contributed by atoms with E-state index in [1.165, 1.54) is 0 Å². The first-order chi connectivity index (χ1) is 9.88. The third-order valence-corrected chi connectivity index (χ3v) is 2.35. The second kappa shape index (κ2) is 8.20. The fraction of sp³-hybridized carbons (Fsp3) is 0.333. The minimum atomic E-state index is 0.438. The quantitative estimate of drug-likeness (QED) is 0.624. The summed E-state index contributed by atoms with van der Waals surface area (Å²) >= 11 is 0. The topological polar surface area (TPSA) is 27.7 Å². The van der Waals surface area contributed by atoms with Crippen LogP contribution in [0.5, 0.6) is 17.2 Å². The van der Waals surface area contributed by atoms with Crippen LogP contribution in [0.15, 0.2) is 54.7 Å². The van der Waals surface area contributed by atoms with E-state index in [1.54, 1.807) is 0 Å². The standard InChI is InChI=1S/C18H24O3/c1-13(2)10-19-16-7-8-17(20-11-14(3)4)18(9-16)21-12-15(5)6/h7-9H,1,3,5,10-12H2,2,4,6H3. The number of ether oxygens (including phenoxy) is 3. The molecule has 0 aliphatic carbocycles. The van der Waals surface area contributed by atoms with Crippen LogP contribution in [0.25, 0.3) is 0 Å². The molecule has 3 nitrogen and oxygen atoms in total. The Morgan fingerprint density at radius 3 is 1.76 bits per heavy atom. The van der Waals surface area contributed by atoms with Gasteiger partial charge < -0.3 is 14.2 Å². The summed E-state index contributed by atoms with van der Waals surface area (Å²) in [6.07, 6.45) is 0. The van der Waals surface area contributed by atoms with Crippen LogP contribution in [0.2, 0.25) is 0 Å².